The molecule has 2 unspecified atom stereocenters. The minimum Gasteiger partial charge on any atom is -0.315 e. The van der Waals surface area contributed by atoms with Gasteiger partial charge in [0.25, 0.3) is 0 Å². The molecule has 0 radical (unpaired) electrons. The van der Waals surface area contributed by atoms with Crippen LogP contribution in [0.4, 0.5) is 0 Å². The highest BCUT2D eigenvalue weighted by Crippen LogP contribution is 2.38. The fourth-order valence-electron chi connectivity index (χ4n) is 3.08. The van der Waals surface area contributed by atoms with Crippen molar-refractivity contribution in [2.45, 2.75) is 51.1 Å². The van der Waals surface area contributed by atoms with Gasteiger partial charge in [-0.2, -0.15) is 0 Å². The molecule has 3 fully saturated rings. The zero-order valence-corrected chi connectivity index (χ0v) is 9.91. The second-order valence-corrected chi connectivity index (χ2v) is 5.77. The van der Waals surface area contributed by atoms with Crippen LogP contribution in [-0.2, 0) is 0 Å². The summed E-state index contributed by atoms with van der Waals surface area (Å²) in [4.78, 5) is 2.87. The van der Waals surface area contributed by atoms with E-state index in [0.717, 1.165) is 23.9 Å². The second kappa shape index (κ2) is 4.06. The minimum atomic E-state index is 0.864. The van der Waals surface area contributed by atoms with Crippen LogP contribution in [0.2, 0.25) is 0 Å². The van der Waals surface area contributed by atoms with Gasteiger partial charge in [0.15, 0.2) is 0 Å². The van der Waals surface area contributed by atoms with Crippen molar-refractivity contribution in [2.24, 2.45) is 11.8 Å². The van der Waals surface area contributed by atoms with E-state index >= 15 is 0 Å². The Hall–Kier alpha value is -0.0800. The van der Waals surface area contributed by atoms with Crippen LogP contribution in [0.1, 0.15) is 39.0 Å². The Bertz CT molecular complexity index is 221. The molecule has 2 aliphatic carbocycles. The lowest BCUT2D eigenvalue weighted by atomic mass is 9.99. The Morgan fingerprint density at radius 2 is 1.93 bits per heavy atom. The molecule has 1 aliphatic heterocycles. The molecule has 0 spiro atoms. The van der Waals surface area contributed by atoms with E-state index in [1.165, 1.54) is 51.7 Å². The van der Waals surface area contributed by atoms with E-state index in [2.05, 4.69) is 17.1 Å². The van der Waals surface area contributed by atoms with E-state index in [1.54, 1.807) is 0 Å². The highest BCUT2D eigenvalue weighted by Gasteiger charge is 2.41. The number of rotatable bonds is 5. The molecule has 2 nitrogen and oxygen atoms in total. The monoisotopic (exact) mass is 208 g/mol. The average Bonchev–Trinajstić information content (AvgIpc) is 3.13. The third kappa shape index (κ3) is 2.21. The van der Waals surface area contributed by atoms with E-state index in [1.807, 2.05) is 0 Å². The molecule has 0 aromatic carbocycles. The summed E-state index contributed by atoms with van der Waals surface area (Å²) >= 11 is 0. The van der Waals surface area contributed by atoms with Crippen molar-refractivity contribution in [1.82, 2.24) is 10.2 Å². The topological polar surface area (TPSA) is 15.3 Å². The predicted molar refractivity (Wildman–Crippen MR) is 62.9 cm³/mol. The first-order chi connectivity index (χ1) is 7.38. The van der Waals surface area contributed by atoms with Crippen LogP contribution in [0.3, 0.4) is 0 Å². The maximum Gasteiger partial charge on any atom is 0.0263 e. The lowest BCUT2D eigenvalue weighted by Crippen LogP contribution is -2.43. The van der Waals surface area contributed by atoms with Gasteiger partial charge in [-0.3, -0.25) is 4.90 Å². The standard InChI is InChI=1S/C13H24N2/c1-2-11-7-14-8-13(11)15(12-5-6-12)9-10-3-4-10/h10-14H,2-9H2,1H3. The maximum atomic E-state index is 3.59. The third-order valence-electron chi connectivity index (χ3n) is 4.44. The Morgan fingerprint density at radius 3 is 2.53 bits per heavy atom. The molecule has 0 aromatic rings. The van der Waals surface area contributed by atoms with Crippen molar-refractivity contribution in [3.8, 4) is 0 Å². The number of hydrogen-bond acceptors (Lipinski definition) is 2. The molecule has 15 heavy (non-hydrogen) atoms. The molecule has 1 saturated heterocycles. The Labute approximate surface area is 93.4 Å². The molecule has 0 amide bonds. The summed E-state index contributed by atoms with van der Waals surface area (Å²) < 4.78 is 0. The predicted octanol–water partition coefficient (Wildman–Crippen LogP) is 1.86. The van der Waals surface area contributed by atoms with Gasteiger partial charge >= 0.3 is 0 Å². The molecule has 0 aromatic heterocycles. The molecule has 2 atom stereocenters. The first-order valence-electron chi connectivity index (χ1n) is 6.85. The lowest BCUT2D eigenvalue weighted by Gasteiger charge is -2.32. The quantitative estimate of drug-likeness (QED) is 0.742. The first-order valence-corrected chi connectivity index (χ1v) is 6.85. The van der Waals surface area contributed by atoms with Crippen LogP contribution in [0.5, 0.6) is 0 Å². The van der Waals surface area contributed by atoms with Crippen molar-refractivity contribution in [3.63, 3.8) is 0 Å². The van der Waals surface area contributed by atoms with Crippen molar-refractivity contribution < 1.29 is 0 Å². The molecule has 1 heterocycles. The van der Waals surface area contributed by atoms with Crippen molar-refractivity contribution in [2.75, 3.05) is 19.6 Å². The van der Waals surface area contributed by atoms with E-state index in [9.17, 15) is 0 Å². The van der Waals surface area contributed by atoms with Crippen LogP contribution < -0.4 is 5.32 Å². The third-order valence-corrected chi connectivity index (χ3v) is 4.44. The molecular formula is C13H24N2. The normalized spacial score (nSPS) is 36.4. The van der Waals surface area contributed by atoms with E-state index < -0.39 is 0 Å². The van der Waals surface area contributed by atoms with Crippen molar-refractivity contribution in [3.05, 3.63) is 0 Å². The first kappa shape index (κ1) is 10.1. The van der Waals surface area contributed by atoms with Gasteiger partial charge in [-0.15, -0.1) is 0 Å². The summed E-state index contributed by atoms with van der Waals surface area (Å²) in [7, 11) is 0. The van der Waals surface area contributed by atoms with E-state index in [4.69, 9.17) is 0 Å². The summed E-state index contributed by atoms with van der Waals surface area (Å²) in [6, 6.07) is 1.83. The summed E-state index contributed by atoms with van der Waals surface area (Å²) in [5, 5.41) is 3.59. The molecule has 86 valence electrons. The Morgan fingerprint density at radius 1 is 1.13 bits per heavy atom. The van der Waals surface area contributed by atoms with Crippen LogP contribution in [0, 0.1) is 11.8 Å². The zero-order valence-electron chi connectivity index (χ0n) is 9.91. The summed E-state index contributed by atoms with van der Waals surface area (Å²) in [5.74, 6) is 1.98. The van der Waals surface area contributed by atoms with Gasteiger partial charge in [-0.05, 0) is 44.1 Å². The van der Waals surface area contributed by atoms with Gasteiger partial charge in [-0.1, -0.05) is 13.3 Å². The molecule has 3 aliphatic rings. The van der Waals surface area contributed by atoms with Crippen LogP contribution in [0.25, 0.3) is 0 Å². The summed E-state index contributed by atoms with van der Waals surface area (Å²) in [5.41, 5.74) is 0. The molecule has 2 heteroatoms. The van der Waals surface area contributed by atoms with E-state index in [0.29, 0.717) is 0 Å². The minimum absolute atomic E-state index is 0.864. The van der Waals surface area contributed by atoms with Gasteiger partial charge in [-0.25, -0.2) is 0 Å². The maximum absolute atomic E-state index is 3.59. The second-order valence-electron chi connectivity index (χ2n) is 5.77. The zero-order chi connectivity index (χ0) is 10.3. The van der Waals surface area contributed by atoms with E-state index in [-0.39, 0.29) is 0 Å². The highest BCUT2D eigenvalue weighted by molar-refractivity contribution is 4.97. The summed E-state index contributed by atoms with van der Waals surface area (Å²) in [6.07, 6.45) is 7.30. The Balaban J connectivity index is 1.63. The highest BCUT2D eigenvalue weighted by atomic mass is 15.2. The molecule has 0 bridgehead atoms. The number of nitrogens with zero attached hydrogens (tertiary/aromatic N) is 1. The summed E-state index contributed by atoms with van der Waals surface area (Å²) in [6.45, 7) is 6.27. The van der Waals surface area contributed by atoms with Crippen LogP contribution in [0.15, 0.2) is 0 Å². The number of hydrogen-bond donors (Lipinski definition) is 1. The van der Waals surface area contributed by atoms with Crippen LogP contribution in [-0.4, -0.2) is 36.6 Å². The Kier molecular flexibility index (Phi) is 2.73. The fraction of sp³-hybridized carbons (Fsp3) is 1.00. The molecule has 2 saturated carbocycles. The smallest absolute Gasteiger partial charge is 0.0263 e. The van der Waals surface area contributed by atoms with Gasteiger partial charge in [0, 0.05) is 25.2 Å². The molecule has 3 rings (SSSR count). The molecular weight excluding hydrogens is 184 g/mol. The average molecular weight is 208 g/mol. The SMILES string of the molecule is CCC1CNCC1N(CC1CC1)C1CC1. The lowest BCUT2D eigenvalue weighted by molar-refractivity contribution is 0.153. The van der Waals surface area contributed by atoms with Crippen LogP contribution >= 0.6 is 0 Å². The largest absolute Gasteiger partial charge is 0.315 e. The van der Waals surface area contributed by atoms with Crippen molar-refractivity contribution in [1.29, 1.82) is 0 Å². The fourth-order valence-corrected chi connectivity index (χ4v) is 3.08. The van der Waals surface area contributed by atoms with Gasteiger partial charge in [0.1, 0.15) is 0 Å². The van der Waals surface area contributed by atoms with Gasteiger partial charge < -0.3 is 5.32 Å². The van der Waals surface area contributed by atoms with Gasteiger partial charge in [0.05, 0.1) is 0 Å². The van der Waals surface area contributed by atoms with Crippen molar-refractivity contribution >= 4 is 0 Å². The number of nitrogens with one attached hydrogen (secondary N) is 1. The molecule has 1 N–H and O–H groups in total. The van der Waals surface area contributed by atoms with Gasteiger partial charge in [0.2, 0.25) is 0 Å².